The van der Waals surface area contributed by atoms with Crippen LogP contribution in [0.5, 0.6) is 5.75 Å². The largest absolute Gasteiger partial charge is 0.481 e. The van der Waals surface area contributed by atoms with E-state index in [1.54, 1.807) is 0 Å². The molecule has 0 bridgehead atoms. The fourth-order valence-electron chi connectivity index (χ4n) is 1.49. The lowest BCUT2D eigenvalue weighted by Gasteiger charge is -2.32. The minimum absolute atomic E-state index is 0.716. The summed E-state index contributed by atoms with van der Waals surface area (Å²) in [5.41, 5.74) is -1.84. The predicted molar refractivity (Wildman–Crippen MR) is 58.0 cm³/mol. The highest BCUT2D eigenvalue weighted by molar-refractivity contribution is 5.76. The topological polar surface area (TPSA) is 26.3 Å². The van der Waals surface area contributed by atoms with Gasteiger partial charge in [0.15, 0.2) is 30.3 Å². The molecule has 2 nitrogen and oxygen atoms in total. The Labute approximate surface area is 135 Å². The van der Waals surface area contributed by atoms with Crippen molar-refractivity contribution < 1.29 is 62.2 Å². The van der Waals surface area contributed by atoms with E-state index in [9.17, 15) is 57.5 Å². The summed E-state index contributed by atoms with van der Waals surface area (Å²) in [5.74, 6) is -32.0. The molecule has 0 aliphatic carbocycles. The fourth-order valence-corrected chi connectivity index (χ4v) is 1.49. The zero-order valence-corrected chi connectivity index (χ0v) is 11.7. The molecule has 0 atom stereocenters. The smallest absolute Gasteiger partial charge is 0.381 e. The van der Waals surface area contributed by atoms with Gasteiger partial charge in [-0.3, -0.25) is 4.79 Å². The van der Waals surface area contributed by atoms with Crippen molar-refractivity contribution in [1.82, 2.24) is 0 Å². The van der Waals surface area contributed by atoms with E-state index in [4.69, 9.17) is 0 Å². The number of hydrogen-bond acceptors (Lipinski definition) is 2. The highest BCUT2D eigenvalue weighted by Gasteiger charge is 2.75. The molecule has 0 N–H and O–H groups in total. The van der Waals surface area contributed by atoms with Gasteiger partial charge in [0.25, 0.3) is 0 Å². The molecule has 0 fully saturated rings. The van der Waals surface area contributed by atoms with Gasteiger partial charge in [-0.15, -0.1) is 0 Å². The first-order valence-electron chi connectivity index (χ1n) is 5.99. The van der Waals surface area contributed by atoms with Crippen LogP contribution in [0.25, 0.3) is 0 Å². The van der Waals surface area contributed by atoms with Gasteiger partial charge in [-0.25, -0.2) is 17.6 Å². The summed E-state index contributed by atoms with van der Waals surface area (Å²) in [6, 6.07) is 0. The number of hydrogen-bond donors (Lipinski definition) is 0. The Kier molecular flexibility index (Phi) is 5.78. The summed E-state index contributed by atoms with van der Waals surface area (Å²) in [6.07, 6.45) is -5.97. The summed E-state index contributed by atoms with van der Waals surface area (Å²) in [4.78, 5) is 10.3. The molecule has 0 saturated carbocycles. The Bertz CT molecular complexity index is 671. The third-order valence-corrected chi connectivity index (χ3v) is 2.92. The monoisotopic (exact) mass is 408 g/mol. The molecule has 0 heterocycles. The zero-order valence-electron chi connectivity index (χ0n) is 11.7. The average Bonchev–Trinajstić information content (AvgIpc) is 2.53. The first kappa shape index (κ1) is 21.9. The van der Waals surface area contributed by atoms with Crippen LogP contribution in [0.1, 0.15) is 10.4 Å². The summed E-state index contributed by atoms with van der Waals surface area (Å²) >= 11 is 0. The van der Waals surface area contributed by atoms with Gasteiger partial charge in [-0.05, 0) is 0 Å². The predicted octanol–water partition coefficient (Wildman–Crippen LogP) is 4.61. The van der Waals surface area contributed by atoms with Crippen molar-refractivity contribution in [2.24, 2.45) is 0 Å². The van der Waals surface area contributed by atoms with Crippen molar-refractivity contribution >= 4 is 6.29 Å². The van der Waals surface area contributed by atoms with E-state index in [0.717, 1.165) is 0 Å². The molecule has 0 radical (unpaired) electrons. The van der Waals surface area contributed by atoms with Gasteiger partial charge in [0.1, 0.15) is 0 Å². The van der Waals surface area contributed by atoms with Crippen LogP contribution in [0.3, 0.4) is 0 Å². The Hall–Kier alpha value is -2.15. The third kappa shape index (κ3) is 3.28. The van der Waals surface area contributed by atoms with Crippen LogP contribution in [-0.2, 0) is 0 Å². The molecule has 14 heteroatoms. The number of carbonyl (C=O) groups is 1. The lowest BCUT2D eigenvalue weighted by molar-refractivity contribution is -0.342. The molecule has 26 heavy (non-hydrogen) atoms. The van der Waals surface area contributed by atoms with E-state index in [0.29, 0.717) is 0 Å². The van der Waals surface area contributed by atoms with Crippen molar-refractivity contribution in [3.8, 4) is 5.75 Å². The number of halogens is 12. The SMILES string of the molecule is O=Cc1c(F)c(F)c(OCC(F)(F)C(F)(F)C(F)(F)C(F)F)c(F)c1F. The maximum Gasteiger partial charge on any atom is 0.381 e. The molecule has 148 valence electrons. The van der Waals surface area contributed by atoms with E-state index >= 15 is 0 Å². The Morgan fingerprint density at radius 2 is 1.27 bits per heavy atom. The number of benzene rings is 1. The second kappa shape index (κ2) is 6.87. The Morgan fingerprint density at radius 1 is 0.846 bits per heavy atom. The maximum atomic E-state index is 13.4. The third-order valence-electron chi connectivity index (χ3n) is 2.92. The number of rotatable bonds is 7. The van der Waals surface area contributed by atoms with Gasteiger partial charge >= 0.3 is 24.2 Å². The first-order chi connectivity index (χ1) is 11.6. The van der Waals surface area contributed by atoms with Gasteiger partial charge in [0.05, 0.1) is 5.56 Å². The number of ether oxygens (including phenoxy) is 1. The molecule has 0 spiro atoms. The zero-order chi connectivity index (χ0) is 20.7. The second-order valence-corrected chi connectivity index (χ2v) is 4.61. The number of aldehydes is 1. The van der Waals surface area contributed by atoms with Crippen LogP contribution in [0, 0.1) is 23.3 Å². The molecule has 0 aliphatic heterocycles. The minimum Gasteiger partial charge on any atom is -0.481 e. The molecule has 1 aromatic carbocycles. The van der Waals surface area contributed by atoms with E-state index in [1.807, 2.05) is 0 Å². The van der Waals surface area contributed by atoms with Crippen LogP contribution in [-0.4, -0.2) is 37.1 Å². The lowest BCUT2D eigenvalue weighted by Crippen LogP contribution is -2.59. The van der Waals surface area contributed by atoms with E-state index in [1.165, 1.54) is 0 Å². The maximum absolute atomic E-state index is 13.4. The van der Waals surface area contributed by atoms with E-state index in [-0.39, 0.29) is 0 Å². The molecular weight excluding hydrogens is 404 g/mol. The summed E-state index contributed by atoms with van der Waals surface area (Å²) in [5, 5.41) is 0. The normalized spacial score (nSPS) is 13.3. The van der Waals surface area contributed by atoms with Crippen molar-refractivity contribution in [2.45, 2.75) is 24.2 Å². The van der Waals surface area contributed by atoms with Gasteiger partial charge in [-0.2, -0.15) is 35.1 Å². The van der Waals surface area contributed by atoms with Gasteiger partial charge < -0.3 is 4.74 Å². The van der Waals surface area contributed by atoms with Gasteiger partial charge in [0.2, 0.25) is 11.6 Å². The summed E-state index contributed by atoms with van der Waals surface area (Å²) < 4.78 is 158. The van der Waals surface area contributed by atoms with Crippen molar-refractivity contribution in [3.63, 3.8) is 0 Å². The van der Waals surface area contributed by atoms with E-state index in [2.05, 4.69) is 4.74 Å². The summed E-state index contributed by atoms with van der Waals surface area (Å²) in [6.45, 7) is -3.06. The standard InChI is InChI=1S/C12H4F12O2/c13-4-3(1-25)5(14)7(16)8(6(4)15)26-2-10(19,20)12(23,24)11(21,22)9(17)18/h1,9H,2H2. The molecule has 0 amide bonds. The van der Waals surface area contributed by atoms with Gasteiger partial charge in [-0.1, -0.05) is 0 Å². The van der Waals surface area contributed by atoms with Crippen LogP contribution in [0.4, 0.5) is 52.7 Å². The second-order valence-electron chi connectivity index (χ2n) is 4.61. The van der Waals surface area contributed by atoms with Crippen LogP contribution in [0.15, 0.2) is 0 Å². The summed E-state index contributed by atoms with van der Waals surface area (Å²) in [7, 11) is 0. The molecule has 0 aliphatic rings. The van der Waals surface area contributed by atoms with Crippen molar-refractivity contribution in [2.75, 3.05) is 6.61 Å². The molecular formula is C12H4F12O2. The van der Waals surface area contributed by atoms with E-state index < -0.39 is 71.7 Å². The number of carbonyl (C=O) groups excluding carboxylic acids is 1. The fraction of sp³-hybridized carbons (Fsp3) is 0.417. The lowest BCUT2D eigenvalue weighted by atomic mass is 10.1. The molecule has 0 saturated heterocycles. The Balaban J connectivity index is 3.26. The van der Waals surface area contributed by atoms with Crippen molar-refractivity contribution in [1.29, 1.82) is 0 Å². The number of alkyl halides is 8. The minimum atomic E-state index is -6.76. The molecule has 1 aromatic rings. The first-order valence-corrected chi connectivity index (χ1v) is 5.99. The van der Waals surface area contributed by atoms with Gasteiger partial charge in [0, 0.05) is 0 Å². The van der Waals surface area contributed by atoms with Crippen LogP contribution >= 0.6 is 0 Å². The highest BCUT2D eigenvalue weighted by Crippen LogP contribution is 2.48. The molecule has 0 aromatic heterocycles. The quantitative estimate of drug-likeness (QED) is 0.375. The Morgan fingerprint density at radius 3 is 1.62 bits per heavy atom. The highest BCUT2D eigenvalue weighted by atomic mass is 19.4. The average molecular weight is 408 g/mol. The van der Waals surface area contributed by atoms with Crippen LogP contribution < -0.4 is 4.74 Å². The molecule has 1 rings (SSSR count). The van der Waals surface area contributed by atoms with Crippen LogP contribution in [0.2, 0.25) is 0 Å². The molecule has 0 unspecified atom stereocenters. The van der Waals surface area contributed by atoms with Crippen molar-refractivity contribution in [3.05, 3.63) is 28.8 Å².